The number of thiophene rings is 1. The molecule has 0 bridgehead atoms. The highest BCUT2D eigenvalue weighted by molar-refractivity contribution is 7.10. The molecule has 8 heteroatoms. The van der Waals surface area contributed by atoms with E-state index in [1.54, 1.807) is 11.3 Å². The first-order chi connectivity index (χ1) is 13.4. The molecule has 0 aliphatic carbocycles. The molecule has 3 rings (SSSR count). The van der Waals surface area contributed by atoms with Crippen LogP contribution < -0.4 is 10.6 Å². The number of amides is 1. The average molecular weight is 399 g/mol. The minimum Gasteiger partial charge on any atom is -0.368 e. The summed E-state index contributed by atoms with van der Waals surface area (Å²) < 4.78 is 1.81. The van der Waals surface area contributed by atoms with Gasteiger partial charge in [-0.25, -0.2) is 14.6 Å². The van der Waals surface area contributed by atoms with Crippen LogP contribution in [0.5, 0.6) is 0 Å². The maximum absolute atomic E-state index is 12.0. The number of rotatable bonds is 8. The van der Waals surface area contributed by atoms with Crippen molar-refractivity contribution in [2.75, 3.05) is 18.4 Å². The Morgan fingerprint density at radius 2 is 1.96 bits per heavy atom. The molecule has 0 aromatic carbocycles. The topological polar surface area (TPSA) is 84.7 Å². The molecular weight excluding hydrogens is 372 g/mol. The Labute approximate surface area is 169 Å². The van der Waals surface area contributed by atoms with E-state index in [0.717, 1.165) is 29.4 Å². The summed E-state index contributed by atoms with van der Waals surface area (Å²) in [4.78, 5) is 22.2. The Morgan fingerprint density at radius 1 is 1.14 bits per heavy atom. The number of hydrogen-bond donors (Lipinski definition) is 2. The molecule has 0 unspecified atom stereocenters. The van der Waals surface area contributed by atoms with Gasteiger partial charge in [0.2, 0.25) is 5.91 Å². The summed E-state index contributed by atoms with van der Waals surface area (Å²) in [5.41, 5.74) is 3.23. The van der Waals surface area contributed by atoms with Crippen molar-refractivity contribution in [1.82, 2.24) is 25.1 Å². The van der Waals surface area contributed by atoms with Gasteiger partial charge in [-0.3, -0.25) is 4.79 Å². The number of aryl methyl sites for hydroxylation is 5. The van der Waals surface area contributed by atoms with Gasteiger partial charge in [0.15, 0.2) is 5.82 Å². The largest absolute Gasteiger partial charge is 0.368 e. The van der Waals surface area contributed by atoms with E-state index < -0.39 is 0 Å². The van der Waals surface area contributed by atoms with Crippen LogP contribution in [0.3, 0.4) is 0 Å². The second kappa shape index (κ2) is 8.97. The molecule has 2 N–H and O–H groups in total. The van der Waals surface area contributed by atoms with Gasteiger partial charge in [-0.2, -0.15) is 5.10 Å². The number of nitrogens with one attached hydrogen (secondary N) is 2. The van der Waals surface area contributed by atoms with Gasteiger partial charge >= 0.3 is 0 Å². The summed E-state index contributed by atoms with van der Waals surface area (Å²) in [6.07, 6.45) is 1.30. The first-order valence-electron chi connectivity index (χ1n) is 9.35. The lowest BCUT2D eigenvalue weighted by Gasteiger charge is -2.10. The molecule has 0 aliphatic rings. The molecule has 1 amide bonds. The fourth-order valence-corrected chi connectivity index (χ4v) is 3.89. The molecule has 148 valence electrons. The summed E-state index contributed by atoms with van der Waals surface area (Å²) >= 11 is 1.71. The number of aromatic nitrogens is 4. The maximum Gasteiger partial charge on any atom is 0.220 e. The Kier molecular flexibility index (Phi) is 6.41. The Hall–Kier alpha value is -2.74. The van der Waals surface area contributed by atoms with Gasteiger partial charge < -0.3 is 10.6 Å². The third kappa shape index (κ3) is 5.16. The van der Waals surface area contributed by atoms with Gasteiger partial charge in [-0.15, -0.1) is 11.3 Å². The Balaban J connectivity index is 1.49. The summed E-state index contributed by atoms with van der Waals surface area (Å²) in [5.74, 6) is 2.19. The Morgan fingerprint density at radius 3 is 2.64 bits per heavy atom. The predicted molar refractivity (Wildman–Crippen MR) is 112 cm³/mol. The van der Waals surface area contributed by atoms with Crippen LogP contribution in [-0.4, -0.2) is 38.7 Å². The highest BCUT2D eigenvalue weighted by atomic mass is 32.1. The Bertz CT molecular complexity index is 962. The van der Waals surface area contributed by atoms with Crippen molar-refractivity contribution in [1.29, 1.82) is 0 Å². The van der Waals surface area contributed by atoms with E-state index in [9.17, 15) is 4.79 Å². The highest BCUT2D eigenvalue weighted by Gasteiger charge is 2.09. The van der Waals surface area contributed by atoms with Gasteiger partial charge in [0.05, 0.1) is 5.69 Å². The normalized spacial score (nSPS) is 10.9. The van der Waals surface area contributed by atoms with Crippen molar-refractivity contribution < 1.29 is 4.79 Å². The third-order valence-corrected chi connectivity index (χ3v) is 5.43. The quantitative estimate of drug-likeness (QED) is 0.570. The second-order valence-electron chi connectivity index (χ2n) is 6.80. The second-order valence-corrected chi connectivity index (χ2v) is 7.80. The number of hydrogen-bond acceptors (Lipinski definition) is 6. The predicted octanol–water partition coefficient (Wildman–Crippen LogP) is 3.12. The van der Waals surface area contributed by atoms with Crippen LogP contribution in [0.15, 0.2) is 23.6 Å². The molecule has 0 atom stereocenters. The first-order valence-corrected chi connectivity index (χ1v) is 10.2. The minimum absolute atomic E-state index is 0.0665. The van der Waals surface area contributed by atoms with Crippen molar-refractivity contribution in [3.63, 3.8) is 0 Å². The zero-order valence-electron chi connectivity index (χ0n) is 16.7. The summed E-state index contributed by atoms with van der Waals surface area (Å²) in [5, 5.41) is 12.7. The lowest BCUT2D eigenvalue weighted by molar-refractivity contribution is -0.120. The maximum atomic E-state index is 12.0. The number of carbonyl (C=O) groups is 1. The standard InChI is InChI=1S/C20H26N6OS/c1-13-7-10-28-17(13)5-6-20(27)22-9-8-21-18-12-19(24-16(4)23-18)26-15(3)11-14(2)25-26/h7,10-12H,5-6,8-9H2,1-4H3,(H,22,27)(H,21,23,24). The van der Waals surface area contributed by atoms with E-state index in [-0.39, 0.29) is 5.91 Å². The van der Waals surface area contributed by atoms with Gasteiger partial charge in [0, 0.05) is 36.1 Å². The van der Waals surface area contributed by atoms with E-state index >= 15 is 0 Å². The molecule has 0 saturated heterocycles. The van der Waals surface area contributed by atoms with Crippen LogP contribution in [0.1, 0.15) is 34.1 Å². The number of carbonyl (C=O) groups excluding carboxylic acids is 1. The van der Waals surface area contributed by atoms with Crippen molar-refractivity contribution in [2.45, 2.75) is 40.5 Å². The molecule has 28 heavy (non-hydrogen) atoms. The molecular formula is C20H26N6OS. The molecule has 3 heterocycles. The molecule has 3 aromatic heterocycles. The fourth-order valence-electron chi connectivity index (χ4n) is 2.98. The van der Waals surface area contributed by atoms with Crippen LogP contribution in [0, 0.1) is 27.7 Å². The lowest BCUT2D eigenvalue weighted by atomic mass is 10.2. The lowest BCUT2D eigenvalue weighted by Crippen LogP contribution is -2.29. The van der Waals surface area contributed by atoms with Crippen LogP contribution in [-0.2, 0) is 11.2 Å². The third-order valence-electron chi connectivity index (χ3n) is 4.35. The van der Waals surface area contributed by atoms with Crippen molar-refractivity contribution >= 4 is 23.1 Å². The average Bonchev–Trinajstić information content (AvgIpc) is 3.21. The monoisotopic (exact) mass is 398 g/mol. The van der Waals surface area contributed by atoms with Crippen molar-refractivity contribution in [2.24, 2.45) is 0 Å². The van der Waals surface area contributed by atoms with E-state index in [0.29, 0.717) is 25.3 Å². The van der Waals surface area contributed by atoms with Crippen LogP contribution >= 0.6 is 11.3 Å². The van der Waals surface area contributed by atoms with Gasteiger partial charge in [0.25, 0.3) is 0 Å². The van der Waals surface area contributed by atoms with Gasteiger partial charge in [0.1, 0.15) is 11.6 Å². The van der Waals surface area contributed by atoms with E-state index in [4.69, 9.17) is 0 Å². The SMILES string of the molecule is Cc1cc(C)n(-c2cc(NCCNC(=O)CCc3sccc3C)nc(C)n2)n1. The number of nitrogens with zero attached hydrogens (tertiary/aromatic N) is 4. The van der Waals surface area contributed by atoms with Crippen LogP contribution in [0.2, 0.25) is 0 Å². The zero-order valence-corrected chi connectivity index (χ0v) is 17.6. The minimum atomic E-state index is 0.0665. The van der Waals surface area contributed by atoms with Crippen LogP contribution in [0.25, 0.3) is 5.82 Å². The summed E-state index contributed by atoms with van der Waals surface area (Å²) in [7, 11) is 0. The smallest absolute Gasteiger partial charge is 0.220 e. The molecule has 0 radical (unpaired) electrons. The highest BCUT2D eigenvalue weighted by Crippen LogP contribution is 2.17. The summed E-state index contributed by atoms with van der Waals surface area (Å²) in [6, 6.07) is 5.97. The van der Waals surface area contributed by atoms with E-state index in [2.05, 4.69) is 44.1 Å². The van der Waals surface area contributed by atoms with Crippen molar-refractivity contribution in [3.8, 4) is 5.82 Å². The first kappa shape index (κ1) is 20.0. The van der Waals surface area contributed by atoms with Crippen LogP contribution in [0.4, 0.5) is 5.82 Å². The van der Waals surface area contributed by atoms with E-state index in [1.807, 2.05) is 37.6 Å². The zero-order chi connectivity index (χ0) is 20.1. The van der Waals surface area contributed by atoms with Crippen molar-refractivity contribution in [3.05, 3.63) is 51.2 Å². The molecule has 0 spiro atoms. The molecule has 0 fully saturated rings. The fraction of sp³-hybridized carbons (Fsp3) is 0.400. The number of anilines is 1. The molecule has 7 nitrogen and oxygen atoms in total. The molecule has 3 aromatic rings. The van der Waals surface area contributed by atoms with Gasteiger partial charge in [-0.1, -0.05) is 0 Å². The molecule has 0 saturated carbocycles. The van der Waals surface area contributed by atoms with Gasteiger partial charge in [-0.05, 0) is 57.2 Å². The summed E-state index contributed by atoms with van der Waals surface area (Å²) in [6.45, 7) is 9.03. The van der Waals surface area contributed by atoms with E-state index in [1.165, 1.54) is 10.4 Å². The molecule has 0 aliphatic heterocycles.